The van der Waals surface area contributed by atoms with Gasteiger partial charge < -0.3 is 19.5 Å². The molecule has 0 fully saturated rings. The third kappa shape index (κ3) is 5.08. The predicted molar refractivity (Wildman–Crippen MR) is 119 cm³/mol. The van der Waals surface area contributed by atoms with Crippen LogP contribution in [0.5, 0.6) is 17.2 Å². The Kier molecular flexibility index (Phi) is 7.26. The number of carbonyl (C=O) groups excluding carboxylic acids is 2. The number of methoxy groups -OCH3 is 3. The van der Waals surface area contributed by atoms with Crippen molar-refractivity contribution >= 4 is 40.4 Å². The average molecular weight is 444 g/mol. The van der Waals surface area contributed by atoms with Crippen molar-refractivity contribution in [1.82, 2.24) is 5.32 Å². The molecule has 0 saturated heterocycles. The van der Waals surface area contributed by atoms with Gasteiger partial charge in [-0.3, -0.25) is 9.59 Å². The Morgan fingerprint density at radius 2 is 1.77 bits per heavy atom. The van der Waals surface area contributed by atoms with Gasteiger partial charge in [-0.25, -0.2) is 0 Å². The number of carbonyl (C=O) groups is 2. The highest BCUT2D eigenvalue weighted by molar-refractivity contribution is 7.14. The molecule has 1 amide bonds. The van der Waals surface area contributed by atoms with Gasteiger partial charge in [0, 0.05) is 21.9 Å². The standard InChI is InChI=1S/C22H21NO5S2/c1-26-17-10-14(11-18(27-2)22(17)28-3)4-7-20(24)23-12-16-5-6-19(30-16)21(25)15-8-9-29-13-15/h4-11,13H,12H2,1-3H3,(H,23,24)/b7-4+. The van der Waals surface area contributed by atoms with Gasteiger partial charge >= 0.3 is 0 Å². The Hall–Kier alpha value is -3.10. The first-order valence-electron chi connectivity index (χ1n) is 8.97. The van der Waals surface area contributed by atoms with E-state index in [1.807, 2.05) is 22.9 Å². The summed E-state index contributed by atoms with van der Waals surface area (Å²) in [6, 6.07) is 8.97. The molecule has 0 aliphatic heterocycles. The van der Waals surface area contributed by atoms with Gasteiger partial charge in [0.1, 0.15) is 0 Å². The molecule has 2 aromatic heterocycles. The number of nitrogens with one attached hydrogen (secondary N) is 1. The van der Waals surface area contributed by atoms with Crippen molar-refractivity contribution < 1.29 is 23.8 Å². The summed E-state index contributed by atoms with van der Waals surface area (Å²) in [6.45, 7) is 0.347. The monoisotopic (exact) mass is 443 g/mol. The maximum absolute atomic E-state index is 12.4. The number of benzene rings is 1. The Bertz CT molecular complexity index is 1030. The fourth-order valence-electron chi connectivity index (χ4n) is 2.73. The summed E-state index contributed by atoms with van der Waals surface area (Å²) in [6.07, 6.45) is 3.10. The summed E-state index contributed by atoms with van der Waals surface area (Å²) in [4.78, 5) is 26.1. The summed E-state index contributed by atoms with van der Waals surface area (Å²) >= 11 is 2.87. The smallest absolute Gasteiger partial charge is 0.244 e. The van der Waals surface area contributed by atoms with Crippen molar-refractivity contribution in [1.29, 1.82) is 0 Å². The van der Waals surface area contributed by atoms with Crippen LogP contribution < -0.4 is 19.5 Å². The van der Waals surface area contributed by atoms with E-state index in [0.29, 0.717) is 34.2 Å². The molecule has 0 unspecified atom stereocenters. The van der Waals surface area contributed by atoms with Crippen LogP contribution in [-0.2, 0) is 11.3 Å². The van der Waals surface area contributed by atoms with Crippen molar-refractivity contribution in [3.05, 3.63) is 68.0 Å². The minimum absolute atomic E-state index is 0.00104. The predicted octanol–water partition coefficient (Wildman–Crippen LogP) is 4.40. The van der Waals surface area contributed by atoms with E-state index in [1.54, 1.807) is 24.3 Å². The molecule has 156 valence electrons. The van der Waals surface area contributed by atoms with E-state index in [9.17, 15) is 9.59 Å². The highest BCUT2D eigenvalue weighted by atomic mass is 32.1. The topological polar surface area (TPSA) is 73.9 Å². The van der Waals surface area contributed by atoms with Crippen LogP contribution in [0.2, 0.25) is 0 Å². The molecule has 0 saturated carbocycles. The number of hydrogen-bond acceptors (Lipinski definition) is 7. The van der Waals surface area contributed by atoms with Crippen molar-refractivity contribution in [2.45, 2.75) is 6.54 Å². The van der Waals surface area contributed by atoms with Gasteiger partial charge in [0.05, 0.1) is 32.8 Å². The van der Waals surface area contributed by atoms with Gasteiger partial charge in [0.25, 0.3) is 0 Å². The Morgan fingerprint density at radius 3 is 2.37 bits per heavy atom. The number of amides is 1. The highest BCUT2D eigenvalue weighted by Gasteiger charge is 2.13. The summed E-state index contributed by atoms with van der Waals surface area (Å²) in [7, 11) is 4.61. The molecule has 0 spiro atoms. The maximum atomic E-state index is 12.4. The minimum atomic E-state index is -0.247. The van der Waals surface area contributed by atoms with E-state index in [2.05, 4.69) is 5.32 Å². The van der Waals surface area contributed by atoms with Gasteiger partial charge in [-0.15, -0.1) is 11.3 Å². The van der Waals surface area contributed by atoms with E-state index < -0.39 is 0 Å². The SMILES string of the molecule is COc1cc(/C=C/C(=O)NCc2ccc(C(=O)c3ccsc3)s2)cc(OC)c1OC. The molecule has 6 nitrogen and oxygen atoms in total. The van der Waals surface area contributed by atoms with Gasteiger partial charge in [-0.2, -0.15) is 11.3 Å². The molecular formula is C22H21NO5S2. The van der Waals surface area contributed by atoms with Crippen LogP contribution in [0.4, 0.5) is 0 Å². The van der Waals surface area contributed by atoms with E-state index in [-0.39, 0.29) is 11.7 Å². The average Bonchev–Trinajstić information content (AvgIpc) is 3.47. The lowest BCUT2D eigenvalue weighted by molar-refractivity contribution is -0.116. The molecule has 0 aliphatic carbocycles. The second kappa shape index (κ2) is 10.1. The molecule has 0 atom stereocenters. The lowest BCUT2D eigenvalue weighted by Crippen LogP contribution is -2.19. The minimum Gasteiger partial charge on any atom is -0.493 e. The molecule has 1 aromatic carbocycles. The Labute approximate surface area is 182 Å². The van der Waals surface area contributed by atoms with E-state index in [4.69, 9.17) is 14.2 Å². The maximum Gasteiger partial charge on any atom is 0.244 e. The molecule has 0 aliphatic rings. The van der Waals surface area contributed by atoms with E-state index in [0.717, 1.165) is 10.4 Å². The summed E-state index contributed by atoms with van der Waals surface area (Å²) in [5, 5.41) is 6.53. The van der Waals surface area contributed by atoms with Crippen molar-refractivity contribution in [3.8, 4) is 17.2 Å². The summed E-state index contributed by atoms with van der Waals surface area (Å²) in [5.41, 5.74) is 1.42. The van der Waals surface area contributed by atoms with Crippen molar-refractivity contribution in [2.75, 3.05) is 21.3 Å². The largest absolute Gasteiger partial charge is 0.493 e. The normalized spacial score (nSPS) is 10.8. The van der Waals surface area contributed by atoms with Crippen LogP contribution >= 0.6 is 22.7 Å². The third-order valence-corrected chi connectivity index (χ3v) is 5.99. The molecule has 1 N–H and O–H groups in total. The number of ether oxygens (including phenoxy) is 3. The van der Waals surface area contributed by atoms with Crippen LogP contribution in [0.1, 0.15) is 25.7 Å². The van der Waals surface area contributed by atoms with Crippen LogP contribution in [0.3, 0.4) is 0 Å². The lowest BCUT2D eigenvalue weighted by Gasteiger charge is -2.12. The van der Waals surface area contributed by atoms with Crippen LogP contribution in [0.25, 0.3) is 6.08 Å². The van der Waals surface area contributed by atoms with Crippen molar-refractivity contribution in [2.24, 2.45) is 0 Å². The quantitative estimate of drug-likeness (QED) is 0.392. The summed E-state index contributed by atoms with van der Waals surface area (Å²) in [5.74, 6) is 1.27. The number of hydrogen-bond donors (Lipinski definition) is 1. The molecule has 0 radical (unpaired) electrons. The third-order valence-electron chi connectivity index (χ3n) is 4.22. The zero-order chi connectivity index (χ0) is 21.5. The highest BCUT2D eigenvalue weighted by Crippen LogP contribution is 2.38. The number of ketones is 1. The van der Waals surface area contributed by atoms with Crippen LogP contribution in [-0.4, -0.2) is 33.0 Å². The van der Waals surface area contributed by atoms with Crippen molar-refractivity contribution in [3.63, 3.8) is 0 Å². The first-order valence-corrected chi connectivity index (χ1v) is 10.7. The molecule has 8 heteroatoms. The fraction of sp³-hybridized carbons (Fsp3) is 0.182. The fourth-order valence-corrected chi connectivity index (χ4v) is 4.28. The van der Waals surface area contributed by atoms with Gasteiger partial charge in [0.2, 0.25) is 17.4 Å². The first-order chi connectivity index (χ1) is 14.5. The van der Waals surface area contributed by atoms with Gasteiger partial charge in [0.15, 0.2) is 11.5 Å². The Morgan fingerprint density at radius 1 is 1.03 bits per heavy atom. The lowest BCUT2D eigenvalue weighted by atomic mass is 10.1. The molecule has 3 aromatic rings. The number of rotatable bonds is 9. The second-order valence-electron chi connectivity index (χ2n) is 6.12. The molecule has 3 rings (SSSR count). The second-order valence-corrected chi connectivity index (χ2v) is 8.07. The van der Waals surface area contributed by atoms with Gasteiger partial charge in [-0.05, 0) is 47.4 Å². The summed E-state index contributed by atoms with van der Waals surface area (Å²) < 4.78 is 15.9. The van der Waals surface area contributed by atoms with E-state index in [1.165, 1.54) is 50.1 Å². The van der Waals surface area contributed by atoms with Gasteiger partial charge in [-0.1, -0.05) is 0 Å². The zero-order valence-corrected chi connectivity index (χ0v) is 18.4. The molecule has 0 bridgehead atoms. The van der Waals surface area contributed by atoms with Crippen LogP contribution in [0, 0.1) is 0 Å². The Balaban J connectivity index is 1.61. The molecule has 30 heavy (non-hydrogen) atoms. The first kappa shape index (κ1) is 21.6. The van der Waals surface area contributed by atoms with E-state index >= 15 is 0 Å². The van der Waals surface area contributed by atoms with Crippen LogP contribution in [0.15, 0.2) is 47.2 Å². The molecular weight excluding hydrogens is 422 g/mol. The molecule has 2 heterocycles. The zero-order valence-electron chi connectivity index (χ0n) is 16.8. The number of thiophene rings is 2.